The molecule has 1 atom stereocenters. The van der Waals surface area contributed by atoms with E-state index in [1.165, 1.54) is 0 Å². The molecule has 0 aliphatic carbocycles. The van der Waals surface area contributed by atoms with Crippen LogP contribution in [0.15, 0.2) is 36.4 Å². The van der Waals surface area contributed by atoms with Crippen LogP contribution in [0.25, 0.3) is 0 Å². The van der Waals surface area contributed by atoms with Crippen LogP contribution in [0.1, 0.15) is 22.7 Å². The van der Waals surface area contributed by atoms with Crippen molar-refractivity contribution in [3.05, 3.63) is 63.1 Å². The zero-order chi connectivity index (χ0) is 16.1. The van der Waals surface area contributed by atoms with Crippen LogP contribution in [-0.4, -0.2) is 6.54 Å². The molecule has 2 rings (SSSR count). The highest BCUT2D eigenvalue weighted by Gasteiger charge is 2.10. The Morgan fingerprint density at radius 1 is 1.14 bits per heavy atom. The lowest BCUT2D eigenvalue weighted by Gasteiger charge is -2.19. The number of benzene rings is 2. The maximum Gasteiger partial charge on any atom is 0.150 e. The molecule has 0 radical (unpaired) electrons. The Balaban J connectivity index is 1.97. The normalized spacial score (nSPS) is 12.2. The first-order valence-corrected chi connectivity index (χ1v) is 7.66. The molecule has 0 bridgehead atoms. The standard InChI is InChI=1S/C16H19Cl2N3O/c1-10-5-13(17)8-14(6-10)22-21-20-16(9-19)12-3-4-15(18)11(2)7-12/h3-8,16,20-21H,9,19H2,1-2H3. The van der Waals surface area contributed by atoms with Gasteiger partial charge < -0.3 is 10.6 Å². The third kappa shape index (κ3) is 4.60. The molecule has 4 N–H and O–H groups in total. The van der Waals surface area contributed by atoms with E-state index in [-0.39, 0.29) is 6.04 Å². The number of hydrogen-bond acceptors (Lipinski definition) is 4. The van der Waals surface area contributed by atoms with Crippen LogP contribution >= 0.6 is 23.2 Å². The smallest absolute Gasteiger partial charge is 0.150 e. The first-order valence-electron chi connectivity index (χ1n) is 6.90. The molecule has 2 aromatic carbocycles. The summed E-state index contributed by atoms with van der Waals surface area (Å²) >= 11 is 12.0. The minimum atomic E-state index is -0.101. The van der Waals surface area contributed by atoms with Crippen LogP contribution in [0.5, 0.6) is 5.75 Å². The molecule has 1 unspecified atom stereocenters. The van der Waals surface area contributed by atoms with E-state index in [0.29, 0.717) is 17.3 Å². The molecule has 2 aromatic rings. The van der Waals surface area contributed by atoms with E-state index >= 15 is 0 Å². The first-order chi connectivity index (χ1) is 10.5. The van der Waals surface area contributed by atoms with Crippen molar-refractivity contribution in [1.29, 1.82) is 0 Å². The summed E-state index contributed by atoms with van der Waals surface area (Å²) in [6.45, 7) is 4.31. The molecule has 4 nitrogen and oxygen atoms in total. The first kappa shape index (κ1) is 17.1. The van der Waals surface area contributed by atoms with Gasteiger partial charge in [0.1, 0.15) is 0 Å². The van der Waals surface area contributed by atoms with E-state index in [9.17, 15) is 0 Å². The van der Waals surface area contributed by atoms with E-state index in [4.69, 9.17) is 33.8 Å². The molecular weight excluding hydrogens is 321 g/mol. The van der Waals surface area contributed by atoms with Gasteiger partial charge in [0.15, 0.2) is 5.75 Å². The van der Waals surface area contributed by atoms with Gasteiger partial charge in [0.25, 0.3) is 0 Å². The van der Waals surface area contributed by atoms with E-state index < -0.39 is 0 Å². The number of aryl methyl sites for hydroxylation is 2. The van der Waals surface area contributed by atoms with Gasteiger partial charge in [-0.05, 0) is 48.7 Å². The van der Waals surface area contributed by atoms with Crippen LogP contribution in [0.3, 0.4) is 0 Å². The fraction of sp³-hybridized carbons (Fsp3) is 0.250. The number of nitrogens with two attached hydrogens (primary N) is 1. The largest absolute Gasteiger partial charge is 0.394 e. The van der Waals surface area contributed by atoms with Gasteiger partial charge in [0.05, 0.1) is 6.04 Å². The van der Waals surface area contributed by atoms with Crippen molar-refractivity contribution in [3.8, 4) is 5.75 Å². The SMILES string of the molecule is Cc1cc(Cl)cc(ONNC(CN)c2ccc(Cl)c(C)c2)c1. The molecule has 0 heterocycles. The number of rotatable bonds is 6. The Hall–Kier alpha value is -1.30. The van der Waals surface area contributed by atoms with Crippen molar-refractivity contribution in [2.75, 3.05) is 6.54 Å². The maximum atomic E-state index is 6.04. The summed E-state index contributed by atoms with van der Waals surface area (Å²) in [4.78, 5) is 5.45. The average Bonchev–Trinajstić information content (AvgIpc) is 2.46. The van der Waals surface area contributed by atoms with E-state index in [2.05, 4.69) is 11.0 Å². The summed E-state index contributed by atoms with van der Waals surface area (Å²) in [7, 11) is 0. The van der Waals surface area contributed by atoms with Crippen molar-refractivity contribution in [2.45, 2.75) is 19.9 Å². The fourth-order valence-electron chi connectivity index (χ4n) is 2.08. The van der Waals surface area contributed by atoms with Crippen molar-refractivity contribution in [1.82, 2.24) is 11.0 Å². The van der Waals surface area contributed by atoms with Gasteiger partial charge in [-0.1, -0.05) is 40.9 Å². The highest BCUT2D eigenvalue weighted by Crippen LogP contribution is 2.21. The van der Waals surface area contributed by atoms with Crippen LogP contribution in [0.2, 0.25) is 10.0 Å². The zero-order valence-corrected chi connectivity index (χ0v) is 14.0. The summed E-state index contributed by atoms with van der Waals surface area (Å²) in [6, 6.07) is 11.2. The fourth-order valence-corrected chi connectivity index (χ4v) is 2.48. The van der Waals surface area contributed by atoms with Crippen LogP contribution in [0.4, 0.5) is 0 Å². The summed E-state index contributed by atoms with van der Waals surface area (Å²) < 4.78 is 0. The lowest BCUT2D eigenvalue weighted by atomic mass is 10.1. The van der Waals surface area contributed by atoms with Gasteiger partial charge in [0.2, 0.25) is 0 Å². The highest BCUT2D eigenvalue weighted by atomic mass is 35.5. The highest BCUT2D eigenvalue weighted by molar-refractivity contribution is 6.31. The molecule has 0 amide bonds. The Morgan fingerprint density at radius 3 is 2.55 bits per heavy atom. The predicted octanol–water partition coefficient (Wildman–Crippen LogP) is 3.70. The monoisotopic (exact) mass is 339 g/mol. The quantitative estimate of drug-likeness (QED) is 0.702. The molecule has 0 fully saturated rings. The predicted molar refractivity (Wildman–Crippen MR) is 91.1 cm³/mol. The van der Waals surface area contributed by atoms with E-state index in [1.54, 1.807) is 6.07 Å². The van der Waals surface area contributed by atoms with Gasteiger partial charge >= 0.3 is 0 Å². The summed E-state index contributed by atoms with van der Waals surface area (Å²) in [5.74, 6) is 0.626. The molecule has 0 saturated heterocycles. The lowest BCUT2D eigenvalue weighted by Crippen LogP contribution is -2.41. The Labute approximate surface area is 140 Å². The van der Waals surface area contributed by atoms with Gasteiger partial charge in [0, 0.05) is 22.7 Å². The van der Waals surface area contributed by atoms with Crippen molar-refractivity contribution >= 4 is 23.2 Å². The van der Waals surface area contributed by atoms with Crippen molar-refractivity contribution in [3.63, 3.8) is 0 Å². The molecule has 118 valence electrons. The molecule has 0 saturated carbocycles. The van der Waals surface area contributed by atoms with Gasteiger partial charge in [-0.3, -0.25) is 0 Å². The van der Waals surface area contributed by atoms with Crippen molar-refractivity contribution in [2.24, 2.45) is 5.73 Å². The Bertz CT molecular complexity index is 629. The van der Waals surface area contributed by atoms with E-state index in [0.717, 1.165) is 21.7 Å². The third-order valence-electron chi connectivity index (χ3n) is 3.24. The summed E-state index contributed by atoms with van der Waals surface area (Å²) in [5.41, 5.74) is 14.6. The molecule has 6 heteroatoms. The minimum Gasteiger partial charge on any atom is -0.394 e. The Kier molecular flexibility index (Phi) is 6.06. The number of hydrogen-bond donors (Lipinski definition) is 3. The summed E-state index contributed by atoms with van der Waals surface area (Å²) in [5, 5.41) is 1.36. The molecule has 0 spiro atoms. The van der Waals surface area contributed by atoms with Gasteiger partial charge in [-0.2, -0.15) is 0 Å². The van der Waals surface area contributed by atoms with Gasteiger partial charge in [-0.25, -0.2) is 5.43 Å². The van der Waals surface area contributed by atoms with Crippen LogP contribution < -0.4 is 21.6 Å². The number of hydrazine groups is 1. The minimum absolute atomic E-state index is 0.101. The molecule has 0 aromatic heterocycles. The second-order valence-corrected chi connectivity index (χ2v) is 5.95. The number of halogens is 2. The topological polar surface area (TPSA) is 59.3 Å². The third-order valence-corrected chi connectivity index (χ3v) is 3.88. The van der Waals surface area contributed by atoms with Crippen LogP contribution in [0, 0.1) is 13.8 Å². The molecule has 0 aliphatic rings. The Morgan fingerprint density at radius 2 is 1.91 bits per heavy atom. The van der Waals surface area contributed by atoms with E-state index in [1.807, 2.05) is 44.2 Å². The number of nitrogens with one attached hydrogen (secondary N) is 2. The summed E-state index contributed by atoms with van der Waals surface area (Å²) in [6.07, 6.45) is 0. The second kappa shape index (κ2) is 7.81. The molecular formula is C16H19Cl2N3O. The average molecular weight is 340 g/mol. The van der Waals surface area contributed by atoms with Crippen molar-refractivity contribution < 1.29 is 4.84 Å². The molecule has 0 aliphatic heterocycles. The lowest BCUT2D eigenvalue weighted by molar-refractivity contribution is 0.133. The molecule has 22 heavy (non-hydrogen) atoms. The maximum absolute atomic E-state index is 6.04. The van der Waals surface area contributed by atoms with Crippen LogP contribution in [-0.2, 0) is 0 Å². The second-order valence-electron chi connectivity index (χ2n) is 5.11. The zero-order valence-electron chi connectivity index (χ0n) is 12.5. The van der Waals surface area contributed by atoms with Gasteiger partial charge in [-0.15, -0.1) is 0 Å².